The van der Waals surface area contributed by atoms with Crippen molar-refractivity contribution >= 4 is 28.5 Å². The van der Waals surface area contributed by atoms with Gasteiger partial charge >= 0.3 is 0 Å². The zero-order valence-corrected chi connectivity index (χ0v) is 16.5. The molecule has 130 valence electrons. The van der Waals surface area contributed by atoms with E-state index >= 15 is 0 Å². The number of halogens is 1. The second-order valence-electron chi connectivity index (χ2n) is 6.05. The molecule has 0 aliphatic heterocycles. The lowest BCUT2D eigenvalue weighted by Gasteiger charge is -2.15. The summed E-state index contributed by atoms with van der Waals surface area (Å²) < 4.78 is 5.00. The summed E-state index contributed by atoms with van der Waals surface area (Å²) in [5.41, 5.74) is 3.20. The van der Waals surface area contributed by atoms with Gasteiger partial charge in [0.05, 0.1) is 15.3 Å². The van der Waals surface area contributed by atoms with E-state index in [0.717, 1.165) is 20.5 Å². The van der Waals surface area contributed by atoms with Crippen molar-refractivity contribution in [2.45, 2.75) is 32.9 Å². The van der Waals surface area contributed by atoms with Crippen LogP contribution in [0, 0.1) is 10.5 Å². The molecule has 0 saturated carbocycles. The van der Waals surface area contributed by atoms with Crippen LogP contribution in [-0.2, 0) is 11.3 Å². The third-order valence-corrected chi connectivity index (χ3v) is 5.19. The normalized spacial score (nSPS) is 12.1. The molecule has 6 heteroatoms. The minimum atomic E-state index is -0.0225. The fraction of sp³-hybridized carbons (Fsp3) is 0.263. The van der Waals surface area contributed by atoms with Gasteiger partial charge in [-0.15, -0.1) is 0 Å². The first-order valence-corrected chi connectivity index (χ1v) is 9.33. The molecule has 0 aliphatic rings. The molecule has 2 aromatic heterocycles. The summed E-state index contributed by atoms with van der Waals surface area (Å²) in [6.45, 7) is 4.57. The van der Waals surface area contributed by atoms with Gasteiger partial charge in [0, 0.05) is 37.2 Å². The Balaban J connectivity index is 1.54. The molecule has 0 aliphatic carbocycles. The summed E-state index contributed by atoms with van der Waals surface area (Å²) in [6, 6.07) is 12.2. The van der Waals surface area contributed by atoms with Gasteiger partial charge in [0.1, 0.15) is 0 Å². The van der Waals surface area contributed by atoms with Crippen LogP contribution in [0.25, 0.3) is 5.69 Å². The summed E-state index contributed by atoms with van der Waals surface area (Å²) in [5.74, 6) is 0.0325. The molecule has 1 N–H and O–H groups in total. The van der Waals surface area contributed by atoms with Crippen molar-refractivity contribution in [3.8, 4) is 5.69 Å². The number of carbonyl (C=O) groups is 1. The molecule has 1 amide bonds. The number of aryl methyl sites for hydroxylation is 2. The Labute approximate surface area is 161 Å². The maximum absolute atomic E-state index is 12.2. The molecule has 25 heavy (non-hydrogen) atoms. The van der Waals surface area contributed by atoms with Crippen LogP contribution >= 0.6 is 22.6 Å². The van der Waals surface area contributed by atoms with Gasteiger partial charge < -0.3 is 9.88 Å². The van der Waals surface area contributed by atoms with Gasteiger partial charge in [0.2, 0.25) is 5.91 Å². The van der Waals surface area contributed by atoms with Gasteiger partial charge in [0.15, 0.2) is 0 Å². The molecule has 3 aromatic rings. The van der Waals surface area contributed by atoms with Crippen LogP contribution in [-0.4, -0.2) is 20.3 Å². The van der Waals surface area contributed by atoms with Crippen LogP contribution in [0.2, 0.25) is 0 Å². The first kappa shape index (κ1) is 17.7. The Morgan fingerprint density at radius 2 is 1.92 bits per heavy atom. The van der Waals surface area contributed by atoms with E-state index in [1.165, 1.54) is 0 Å². The molecule has 2 heterocycles. The van der Waals surface area contributed by atoms with Crippen LogP contribution in [0.3, 0.4) is 0 Å². The predicted octanol–water partition coefficient (Wildman–Crippen LogP) is 3.85. The largest absolute Gasteiger partial charge is 0.350 e. The average Bonchev–Trinajstić information content (AvgIpc) is 3.24. The number of nitrogens with one attached hydrogen (secondary N) is 1. The van der Waals surface area contributed by atoms with Crippen molar-refractivity contribution in [2.24, 2.45) is 0 Å². The highest BCUT2D eigenvalue weighted by atomic mass is 127. The maximum Gasteiger partial charge on any atom is 0.222 e. The van der Waals surface area contributed by atoms with Gasteiger partial charge in [-0.3, -0.25) is 9.48 Å². The smallest absolute Gasteiger partial charge is 0.222 e. The van der Waals surface area contributed by atoms with E-state index in [0.29, 0.717) is 13.0 Å². The zero-order chi connectivity index (χ0) is 17.8. The van der Waals surface area contributed by atoms with E-state index in [1.807, 2.05) is 49.3 Å². The number of hydrogen-bond acceptors (Lipinski definition) is 2. The highest BCUT2D eigenvalue weighted by Crippen LogP contribution is 2.16. The molecule has 3 rings (SSSR count). The summed E-state index contributed by atoms with van der Waals surface area (Å²) in [7, 11) is 0. The fourth-order valence-electron chi connectivity index (χ4n) is 2.66. The molecule has 0 saturated heterocycles. The van der Waals surface area contributed by atoms with E-state index in [2.05, 4.69) is 61.8 Å². The minimum Gasteiger partial charge on any atom is -0.350 e. The van der Waals surface area contributed by atoms with Crippen molar-refractivity contribution in [3.05, 3.63) is 69.8 Å². The Hall–Kier alpha value is -2.09. The van der Waals surface area contributed by atoms with E-state index in [-0.39, 0.29) is 11.9 Å². The second kappa shape index (κ2) is 7.86. The maximum atomic E-state index is 12.2. The number of hydrogen-bond donors (Lipinski definition) is 1. The molecular formula is C19H21IN4O. The van der Waals surface area contributed by atoms with E-state index in [4.69, 9.17) is 0 Å². The number of amides is 1. The number of benzene rings is 1. The number of carbonyl (C=O) groups excluding carboxylic acids is 1. The predicted molar refractivity (Wildman–Crippen MR) is 107 cm³/mol. The highest BCUT2D eigenvalue weighted by molar-refractivity contribution is 14.1. The Morgan fingerprint density at radius 3 is 2.52 bits per heavy atom. The van der Waals surface area contributed by atoms with Crippen LogP contribution in [0.5, 0.6) is 0 Å². The number of nitrogens with zero attached hydrogens (tertiary/aromatic N) is 3. The van der Waals surface area contributed by atoms with Gasteiger partial charge in [-0.25, -0.2) is 0 Å². The van der Waals surface area contributed by atoms with Gasteiger partial charge in [0.25, 0.3) is 0 Å². The van der Waals surface area contributed by atoms with Crippen LogP contribution in [0.15, 0.2) is 55.0 Å². The first-order valence-electron chi connectivity index (χ1n) is 8.25. The highest BCUT2D eigenvalue weighted by Gasteiger charge is 2.10. The third-order valence-electron chi connectivity index (χ3n) is 4.13. The summed E-state index contributed by atoms with van der Waals surface area (Å²) >= 11 is 2.25. The molecule has 1 atom stereocenters. The topological polar surface area (TPSA) is 51.9 Å². The van der Waals surface area contributed by atoms with Crippen LogP contribution < -0.4 is 5.32 Å². The van der Waals surface area contributed by atoms with Crippen molar-refractivity contribution in [1.82, 2.24) is 19.7 Å². The SMILES string of the molecule is Cc1nn(CCC(=O)NC(C)c2ccc(-n3cccc3)cc2)cc1I. The average molecular weight is 448 g/mol. The monoisotopic (exact) mass is 448 g/mol. The van der Waals surface area contributed by atoms with Crippen molar-refractivity contribution < 1.29 is 4.79 Å². The Kier molecular flexibility index (Phi) is 5.57. The fourth-order valence-corrected chi connectivity index (χ4v) is 3.09. The zero-order valence-electron chi connectivity index (χ0n) is 14.3. The van der Waals surface area contributed by atoms with E-state index in [1.54, 1.807) is 0 Å². The van der Waals surface area contributed by atoms with E-state index < -0.39 is 0 Å². The second-order valence-corrected chi connectivity index (χ2v) is 7.21. The van der Waals surface area contributed by atoms with Crippen LogP contribution in [0.1, 0.15) is 30.6 Å². The lowest BCUT2D eigenvalue weighted by atomic mass is 10.1. The van der Waals surface area contributed by atoms with Crippen LogP contribution in [0.4, 0.5) is 0 Å². The molecule has 0 bridgehead atoms. The van der Waals surface area contributed by atoms with Gasteiger partial charge in [-0.05, 0) is 66.3 Å². The third kappa shape index (κ3) is 4.50. The summed E-state index contributed by atoms with van der Waals surface area (Å²) in [5, 5.41) is 7.43. The lowest BCUT2D eigenvalue weighted by molar-refractivity contribution is -0.122. The molecule has 0 fully saturated rings. The Bertz CT molecular complexity index is 817. The number of rotatable bonds is 6. The van der Waals surface area contributed by atoms with Gasteiger partial charge in [-0.2, -0.15) is 5.10 Å². The Morgan fingerprint density at radius 1 is 1.24 bits per heavy atom. The first-order chi connectivity index (χ1) is 12.0. The van der Waals surface area contributed by atoms with Crippen molar-refractivity contribution in [2.75, 3.05) is 0 Å². The molecule has 0 radical (unpaired) electrons. The quantitative estimate of drug-likeness (QED) is 0.583. The molecule has 1 unspecified atom stereocenters. The molecule has 5 nitrogen and oxygen atoms in total. The number of aromatic nitrogens is 3. The molecular weight excluding hydrogens is 427 g/mol. The van der Waals surface area contributed by atoms with E-state index in [9.17, 15) is 4.79 Å². The summed E-state index contributed by atoms with van der Waals surface area (Å²) in [4.78, 5) is 12.2. The van der Waals surface area contributed by atoms with Crippen molar-refractivity contribution in [1.29, 1.82) is 0 Å². The molecule has 1 aromatic carbocycles. The summed E-state index contributed by atoms with van der Waals surface area (Å²) in [6.07, 6.45) is 6.41. The van der Waals surface area contributed by atoms with Crippen molar-refractivity contribution in [3.63, 3.8) is 0 Å². The lowest BCUT2D eigenvalue weighted by Crippen LogP contribution is -2.27. The molecule has 0 spiro atoms. The minimum absolute atomic E-state index is 0.0225. The standard InChI is InChI=1S/C19H21IN4O/c1-14(16-5-7-17(8-6-16)23-10-3-4-11-23)21-19(25)9-12-24-13-18(20)15(2)22-24/h3-8,10-11,13-14H,9,12H2,1-2H3,(H,21,25). The van der Waals surface area contributed by atoms with Gasteiger partial charge in [-0.1, -0.05) is 12.1 Å².